The standard InChI is InChI=1S/C21H33N3O5/c1-22-14-10-16(23-2)19-17(11-14)28-20-21(25,29-19)18(7-8-27-20)24-12-13-5-4-6-15(9-13)26-3/h4-6,9,14,16-20,22-25H,7-8,10-12H2,1-3H3/t14-,16?,17?,18-,19?,20?,21+/m1/s1. The number of ether oxygens (including phenoxy) is 4. The molecule has 3 fully saturated rings. The van der Waals surface area contributed by atoms with Crippen LogP contribution in [0.2, 0.25) is 0 Å². The average Bonchev–Trinajstić information content (AvgIpc) is 2.75. The molecule has 4 N–H and O–H groups in total. The first-order chi connectivity index (χ1) is 14.1. The van der Waals surface area contributed by atoms with E-state index in [4.69, 9.17) is 18.9 Å². The summed E-state index contributed by atoms with van der Waals surface area (Å²) in [5.74, 6) is -0.717. The van der Waals surface area contributed by atoms with Crippen LogP contribution in [0.5, 0.6) is 5.75 Å². The fourth-order valence-electron chi connectivity index (χ4n) is 4.73. The van der Waals surface area contributed by atoms with Crippen LogP contribution in [0.15, 0.2) is 24.3 Å². The number of hydrogen-bond donors (Lipinski definition) is 4. The lowest BCUT2D eigenvalue weighted by Gasteiger charge is -2.55. The number of nitrogens with one attached hydrogen (secondary N) is 3. The van der Waals surface area contributed by atoms with Crippen molar-refractivity contribution < 1.29 is 24.1 Å². The number of benzene rings is 1. The summed E-state index contributed by atoms with van der Waals surface area (Å²) in [5, 5.41) is 21.6. The van der Waals surface area contributed by atoms with E-state index < -0.39 is 12.1 Å². The van der Waals surface area contributed by atoms with E-state index in [-0.39, 0.29) is 24.3 Å². The summed E-state index contributed by atoms with van der Waals surface area (Å²) in [7, 11) is 5.55. The van der Waals surface area contributed by atoms with E-state index in [0.717, 1.165) is 24.2 Å². The third-order valence-corrected chi connectivity index (χ3v) is 6.42. The lowest BCUT2D eigenvalue weighted by atomic mass is 9.84. The Labute approximate surface area is 172 Å². The molecule has 1 saturated carbocycles. The molecular weight excluding hydrogens is 374 g/mol. The van der Waals surface area contributed by atoms with Gasteiger partial charge in [0, 0.05) is 18.6 Å². The molecule has 3 aliphatic rings. The second-order valence-electron chi connectivity index (χ2n) is 8.14. The summed E-state index contributed by atoms with van der Waals surface area (Å²) < 4.78 is 23.7. The molecule has 8 heteroatoms. The topological polar surface area (TPSA) is 93.2 Å². The third-order valence-electron chi connectivity index (χ3n) is 6.42. The van der Waals surface area contributed by atoms with Gasteiger partial charge in [-0.25, -0.2) is 0 Å². The molecule has 29 heavy (non-hydrogen) atoms. The fraction of sp³-hybridized carbons (Fsp3) is 0.714. The molecule has 1 aromatic carbocycles. The van der Waals surface area contributed by atoms with Crippen molar-refractivity contribution >= 4 is 0 Å². The van der Waals surface area contributed by atoms with Gasteiger partial charge in [-0.1, -0.05) is 12.1 Å². The van der Waals surface area contributed by atoms with Crippen molar-refractivity contribution in [2.24, 2.45) is 0 Å². The molecule has 2 saturated heterocycles. The van der Waals surface area contributed by atoms with Gasteiger partial charge in [0.2, 0.25) is 12.1 Å². The number of rotatable bonds is 6. The highest BCUT2D eigenvalue weighted by Gasteiger charge is 2.58. The van der Waals surface area contributed by atoms with Crippen LogP contribution < -0.4 is 20.7 Å². The Bertz CT molecular complexity index is 692. The van der Waals surface area contributed by atoms with Gasteiger partial charge in [0.05, 0.1) is 25.9 Å². The first kappa shape index (κ1) is 21.0. The molecule has 8 nitrogen and oxygen atoms in total. The summed E-state index contributed by atoms with van der Waals surface area (Å²) in [4.78, 5) is 0. The summed E-state index contributed by atoms with van der Waals surface area (Å²) >= 11 is 0. The van der Waals surface area contributed by atoms with E-state index in [1.54, 1.807) is 7.11 Å². The van der Waals surface area contributed by atoms with Crippen molar-refractivity contribution in [1.82, 2.24) is 16.0 Å². The monoisotopic (exact) mass is 407 g/mol. The highest BCUT2D eigenvalue weighted by molar-refractivity contribution is 5.28. The Morgan fingerprint density at radius 3 is 2.86 bits per heavy atom. The largest absolute Gasteiger partial charge is 0.497 e. The van der Waals surface area contributed by atoms with Crippen LogP contribution in [0.1, 0.15) is 24.8 Å². The molecule has 0 radical (unpaired) electrons. The van der Waals surface area contributed by atoms with Crippen molar-refractivity contribution in [2.45, 2.75) is 68.2 Å². The van der Waals surface area contributed by atoms with Crippen LogP contribution in [-0.4, -0.2) is 75.3 Å². The van der Waals surface area contributed by atoms with Gasteiger partial charge in [-0.3, -0.25) is 0 Å². The number of likely N-dealkylation sites (N-methyl/N-ethyl adjacent to an activating group) is 1. The predicted octanol–water partition coefficient (Wildman–Crippen LogP) is 0.342. The van der Waals surface area contributed by atoms with Crippen LogP contribution in [0.4, 0.5) is 0 Å². The van der Waals surface area contributed by atoms with Crippen LogP contribution in [0, 0.1) is 0 Å². The highest BCUT2D eigenvalue weighted by atomic mass is 16.8. The van der Waals surface area contributed by atoms with Crippen LogP contribution in [-0.2, 0) is 20.8 Å². The number of methoxy groups -OCH3 is 1. The van der Waals surface area contributed by atoms with E-state index in [1.165, 1.54) is 0 Å². The van der Waals surface area contributed by atoms with Gasteiger partial charge in [0.1, 0.15) is 11.9 Å². The Hall–Kier alpha value is -1.26. The van der Waals surface area contributed by atoms with E-state index >= 15 is 0 Å². The molecule has 162 valence electrons. The van der Waals surface area contributed by atoms with Gasteiger partial charge in [0.25, 0.3) is 0 Å². The Kier molecular flexibility index (Phi) is 6.41. The normalized spacial score (nSPS) is 39.4. The van der Waals surface area contributed by atoms with Crippen molar-refractivity contribution in [3.63, 3.8) is 0 Å². The first-order valence-corrected chi connectivity index (χ1v) is 10.5. The lowest BCUT2D eigenvalue weighted by molar-refractivity contribution is -0.433. The molecule has 7 atom stereocenters. The van der Waals surface area contributed by atoms with E-state index in [2.05, 4.69) is 16.0 Å². The summed E-state index contributed by atoms with van der Waals surface area (Å²) in [6, 6.07) is 8.02. The maximum Gasteiger partial charge on any atom is 0.234 e. The third kappa shape index (κ3) is 4.16. The maximum absolute atomic E-state index is 11.5. The van der Waals surface area contributed by atoms with Gasteiger partial charge in [0.15, 0.2) is 0 Å². The summed E-state index contributed by atoms with van der Waals surface area (Å²) in [6.07, 6.45) is 1.24. The van der Waals surface area contributed by atoms with Gasteiger partial charge >= 0.3 is 0 Å². The second kappa shape index (κ2) is 8.85. The molecule has 0 spiro atoms. The molecule has 1 aliphatic carbocycles. The lowest BCUT2D eigenvalue weighted by Crippen LogP contribution is -2.73. The van der Waals surface area contributed by atoms with Crippen LogP contribution >= 0.6 is 0 Å². The zero-order valence-corrected chi connectivity index (χ0v) is 17.4. The van der Waals surface area contributed by atoms with Crippen LogP contribution in [0.3, 0.4) is 0 Å². The number of fused-ring (bicyclic) bond motifs is 2. The molecule has 0 aromatic heterocycles. The van der Waals surface area contributed by atoms with Crippen molar-refractivity contribution in [1.29, 1.82) is 0 Å². The second-order valence-corrected chi connectivity index (χ2v) is 8.14. The minimum Gasteiger partial charge on any atom is -0.497 e. The van der Waals surface area contributed by atoms with E-state index in [0.29, 0.717) is 25.6 Å². The molecule has 2 heterocycles. The highest BCUT2D eigenvalue weighted by Crippen LogP contribution is 2.40. The quantitative estimate of drug-likeness (QED) is 0.537. The van der Waals surface area contributed by atoms with Crippen molar-refractivity contribution in [3.05, 3.63) is 29.8 Å². The van der Waals surface area contributed by atoms with Crippen molar-refractivity contribution in [2.75, 3.05) is 27.8 Å². The maximum atomic E-state index is 11.5. The molecule has 0 amide bonds. The zero-order valence-electron chi connectivity index (χ0n) is 17.4. The van der Waals surface area contributed by atoms with E-state index in [9.17, 15) is 5.11 Å². The predicted molar refractivity (Wildman–Crippen MR) is 108 cm³/mol. The SMILES string of the molecule is CNC1C[C@@H](NC)CC2OC3OCC[C@@H](NCc4cccc(OC)c4)[C@]3(O)OC12. The van der Waals surface area contributed by atoms with Gasteiger partial charge in [-0.2, -0.15) is 0 Å². The molecule has 4 rings (SSSR count). The Morgan fingerprint density at radius 2 is 2.10 bits per heavy atom. The first-order valence-electron chi connectivity index (χ1n) is 10.5. The molecule has 2 aliphatic heterocycles. The fourth-order valence-corrected chi connectivity index (χ4v) is 4.73. The number of aliphatic hydroxyl groups is 1. The summed E-state index contributed by atoms with van der Waals surface area (Å²) in [5.41, 5.74) is 1.08. The Morgan fingerprint density at radius 1 is 1.24 bits per heavy atom. The van der Waals surface area contributed by atoms with Gasteiger partial charge < -0.3 is 40.0 Å². The molecule has 0 bridgehead atoms. The van der Waals surface area contributed by atoms with Gasteiger partial charge in [-0.15, -0.1) is 0 Å². The molecule has 4 unspecified atom stereocenters. The number of hydrogen-bond acceptors (Lipinski definition) is 8. The molecule has 1 aromatic rings. The van der Waals surface area contributed by atoms with E-state index in [1.807, 2.05) is 38.4 Å². The summed E-state index contributed by atoms with van der Waals surface area (Å²) in [6.45, 7) is 1.10. The smallest absolute Gasteiger partial charge is 0.234 e. The van der Waals surface area contributed by atoms with Crippen LogP contribution in [0.25, 0.3) is 0 Å². The Balaban J connectivity index is 1.48. The molecular formula is C21H33N3O5. The average molecular weight is 408 g/mol. The minimum absolute atomic E-state index is 0.0946. The minimum atomic E-state index is -1.53. The zero-order chi connectivity index (χ0) is 20.4. The van der Waals surface area contributed by atoms with Gasteiger partial charge in [-0.05, 0) is 51.1 Å². The van der Waals surface area contributed by atoms with Crippen molar-refractivity contribution in [3.8, 4) is 5.75 Å².